The van der Waals surface area contributed by atoms with E-state index in [4.69, 9.17) is 12.2 Å². The van der Waals surface area contributed by atoms with E-state index < -0.39 is 0 Å². The lowest BCUT2D eigenvalue weighted by Gasteiger charge is -2.33. The van der Waals surface area contributed by atoms with E-state index in [0.29, 0.717) is 0 Å². The molecule has 1 fully saturated rings. The summed E-state index contributed by atoms with van der Waals surface area (Å²) in [7, 11) is 0. The number of hydrogen-bond donors (Lipinski definition) is 1. The van der Waals surface area contributed by atoms with Crippen LogP contribution in [0.4, 0.5) is 0 Å². The van der Waals surface area contributed by atoms with Crippen LogP contribution in [0.1, 0.15) is 59.1 Å². The van der Waals surface area contributed by atoms with Gasteiger partial charge in [-0.2, -0.15) is 0 Å². The summed E-state index contributed by atoms with van der Waals surface area (Å²) in [6, 6.07) is 0.755. The number of piperidine rings is 1. The van der Waals surface area contributed by atoms with Crippen molar-refractivity contribution in [2.24, 2.45) is 0 Å². The number of likely N-dealkylation sites (tertiary alicyclic amines) is 1. The summed E-state index contributed by atoms with van der Waals surface area (Å²) in [6.07, 6.45) is 7.37. The molecule has 1 N–H and O–H groups in total. The van der Waals surface area contributed by atoms with Crippen LogP contribution in [0.2, 0.25) is 0 Å². The lowest BCUT2D eigenvalue weighted by atomic mass is 9.92. The van der Waals surface area contributed by atoms with E-state index in [1.54, 1.807) is 0 Å². The number of aromatic nitrogens is 2. The number of hydrogen-bond acceptors (Lipinski definition) is 2. The summed E-state index contributed by atoms with van der Waals surface area (Å²) >= 11 is 5.43. The zero-order chi connectivity index (χ0) is 14.8. The second-order valence-corrected chi connectivity index (χ2v) is 7.50. The number of imidazole rings is 1. The molecule has 1 atom stereocenters. The van der Waals surface area contributed by atoms with Gasteiger partial charge in [-0.05, 0) is 44.9 Å². The van der Waals surface area contributed by atoms with Crippen LogP contribution in [-0.2, 0) is 12.0 Å². The monoisotopic (exact) mass is 295 g/mol. The van der Waals surface area contributed by atoms with E-state index >= 15 is 0 Å². The van der Waals surface area contributed by atoms with Crippen molar-refractivity contribution in [3.63, 3.8) is 0 Å². The zero-order valence-electron chi connectivity index (χ0n) is 13.4. The van der Waals surface area contributed by atoms with Crippen molar-refractivity contribution in [1.82, 2.24) is 14.5 Å². The quantitative estimate of drug-likeness (QED) is 0.845. The fourth-order valence-corrected chi connectivity index (χ4v) is 3.41. The Kier molecular flexibility index (Phi) is 5.08. The van der Waals surface area contributed by atoms with Crippen LogP contribution in [-0.4, -0.2) is 33.6 Å². The number of aromatic amines is 1. The van der Waals surface area contributed by atoms with Crippen LogP contribution in [0.25, 0.3) is 0 Å². The smallest absolute Gasteiger partial charge is 0.177 e. The third-order valence-corrected chi connectivity index (χ3v) is 4.74. The van der Waals surface area contributed by atoms with Crippen molar-refractivity contribution in [2.45, 2.75) is 71.4 Å². The van der Waals surface area contributed by atoms with Gasteiger partial charge in [-0.3, -0.25) is 0 Å². The first-order chi connectivity index (χ1) is 9.39. The Morgan fingerprint density at radius 2 is 2.05 bits per heavy atom. The molecular weight excluding hydrogens is 266 g/mol. The summed E-state index contributed by atoms with van der Waals surface area (Å²) in [4.78, 5) is 5.84. The third kappa shape index (κ3) is 3.73. The van der Waals surface area contributed by atoms with E-state index in [2.05, 4.69) is 48.3 Å². The Morgan fingerprint density at radius 1 is 1.30 bits per heavy atom. The molecule has 1 aliphatic rings. The Hall–Kier alpha value is -0.610. The topological polar surface area (TPSA) is 24.0 Å². The first-order valence-electron chi connectivity index (χ1n) is 7.92. The maximum Gasteiger partial charge on any atom is 0.177 e. The summed E-state index contributed by atoms with van der Waals surface area (Å²) in [6.45, 7) is 12.6. The Bertz CT molecular complexity index is 481. The van der Waals surface area contributed by atoms with Gasteiger partial charge >= 0.3 is 0 Å². The highest BCUT2D eigenvalue weighted by atomic mass is 32.1. The molecule has 1 saturated heterocycles. The largest absolute Gasteiger partial charge is 0.337 e. The standard InChI is InChI=1S/C16H29N3S/c1-13-8-5-6-9-18(13)10-7-11-19-14(16(2,3)4)12-17-15(19)20/h12-13H,5-11H2,1-4H3,(H,17,20). The van der Waals surface area contributed by atoms with E-state index in [9.17, 15) is 0 Å². The van der Waals surface area contributed by atoms with E-state index in [1.165, 1.54) is 44.5 Å². The number of H-pyrrole nitrogens is 1. The molecule has 1 aromatic rings. The van der Waals surface area contributed by atoms with Crippen molar-refractivity contribution in [2.75, 3.05) is 13.1 Å². The Labute approximate surface area is 128 Å². The average molecular weight is 295 g/mol. The van der Waals surface area contributed by atoms with E-state index in [0.717, 1.165) is 17.4 Å². The van der Waals surface area contributed by atoms with Crippen molar-refractivity contribution in [3.05, 3.63) is 16.7 Å². The molecule has 4 heteroatoms. The summed E-state index contributed by atoms with van der Waals surface area (Å²) in [5.41, 5.74) is 1.46. The van der Waals surface area contributed by atoms with Crippen molar-refractivity contribution >= 4 is 12.2 Å². The molecule has 0 amide bonds. The molecule has 0 saturated carbocycles. The highest BCUT2D eigenvalue weighted by molar-refractivity contribution is 7.71. The molecule has 0 spiro atoms. The third-order valence-electron chi connectivity index (χ3n) is 4.40. The second-order valence-electron chi connectivity index (χ2n) is 7.12. The van der Waals surface area contributed by atoms with Gasteiger partial charge in [0.2, 0.25) is 0 Å². The predicted octanol–water partition coefficient (Wildman–Crippen LogP) is 4.11. The molecular formula is C16H29N3S. The van der Waals surface area contributed by atoms with Gasteiger partial charge in [0, 0.05) is 36.4 Å². The van der Waals surface area contributed by atoms with E-state index in [1.807, 2.05) is 0 Å². The van der Waals surface area contributed by atoms with Crippen LogP contribution in [0.5, 0.6) is 0 Å². The van der Waals surface area contributed by atoms with Gasteiger partial charge in [0.15, 0.2) is 4.77 Å². The van der Waals surface area contributed by atoms with Gasteiger partial charge in [-0.25, -0.2) is 0 Å². The van der Waals surface area contributed by atoms with Crippen molar-refractivity contribution < 1.29 is 0 Å². The average Bonchev–Trinajstić information content (AvgIpc) is 2.73. The molecule has 1 unspecified atom stereocenters. The normalized spacial score (nSPS) is 21.3. The first-order valence-corrected chi connectivity index (χ1v) is 8.33. The number of nitrogens with one attached hydrogen (secondary N) is 1. The molecule has 1 aromatic heterocycles. The summed E-state index contributed by atoms with van der Waals surface area (Å²) < 4.78 is 3.14. The minimum atomic E-state index is 0.145. The highest BCUT2D eigenvalue weighted by Gasteiger charge is 2.20. The number of rotatable bonds is 4. The van der Waals surface area contributed by atoms with Crippen LogP contribution < -0.4 is 0 Å². The van der Waals surface area contributed by atoms with Crippen molar-refractivity contribution in [3.8, 4) is 0 Å². The predicted molar refractivity (Wildman–Crippen MR) is 87.8 cm³/mol. The van der Waals surface area contributed by atoms with Crippen LogP contribution in [0, 0.1) is 4.77 Å². The second kappa shape index (κ2) is 6.44. The summed E-state index contributed by atoms with van der Waals surface area (Å²) in [5, 5.41) is 0. The maximum absolute atomic E-state index is 5.43. The number of nitrogens with zero attached hydrogens (tertiary/aromatic N) is 2. The lowest BCUT2D eigenvalue weighted by molar-refractivity contribution is 0.156. The van der Waals surface area contributed by atoms with Crippen LogP contribution >= 0.6 is 12.2 Å². The minimum absolute atomic E-state index is 0.145. The fourth-order valence-electron chi connectivity index (χ4n) is 3.16. The lowest BCUT2D eigenvalue weighted by Crippen LogP contribution is -2.38. The molecule has 2 heterocycles. The Balaban J connectivity index is 1.94. The van der Waals surface area contributed by atoms with Gasteiger partial charge in [-0.15, -0.1) is 0 Å². The molecule has 2 rings (SSSR count). The van der Waals surface area contributed by atoms with E-state index in [-0.39, 0.29) is 5.41 Å². The molecule has 1 aliphatic heterocycles. The van der Waals surface area contributed by atoms with Crippen LogP contribution in [0.3, 0.4) is 0 Å². The van der Waals surface area contributed by atoms with Crippen molar-refractivity contribution in [1.29, 1.82) is 0 Å². The summed E-state index contributed by atoms with van der Waals surface area (Å²) in [5.74, 6) is 0. The zero-order valence-corrected chi connectivity index (χ0v) is 14.2. The minimum Gasteiger partial charge on any atom is -0.337 e. The van der Waals surface area contributed by atoms with Crippen LogP contribution in [0.15, 0.2) is 6.20 Å². The molecule has 0 aromatic carbocycles. The van der Waals surface area contributed by atoms with Gasteiger partial charge in [0.25, 0.3) is 0 Å². The molecule has 3 nitrogen and oxygen atoms in total. The highest BCUT2D eigenvalue weighted by Crippen LogP contribution is 2.23. The Morgan fingerprint density at radius 3 is 2.70 bits per heavy atom. The van der Waals surface area contributed by atoms with Gasteiger partial charge in [0.05, 0.1) is 0 Å². The first kappa shape index (κ1) is 15.8. The van der Waals surface area contributed by atoms with Gasteiger partial charge in [-0.1, -0.05) is 27.2 Å². The van der Waals surface area contributed by atoms with Gasteiger partial charge < -0.3 is 14.5 Å². The molecule has 114 valence electrons. The molecule has 20 heavy (non-hydrogen) atoms. The SMILES string of the molecule is CC1CCCCN1CCCn1c(C(C)(C)C)c[nH]c1=S. The molecule has 0 bridgehead atoms. The molecule has 0 aliphatic carbocycles. The van der Waals surface area contributed by atoms with Gasteiger partial charge in [0.1, 0.15) is 0 Å². The maximum atomic E-state index is 5.43. The fraction of sp³-hybridized carbons (Fsp3) is 0.812. The molecule has 0 radical (unpaired) electrons.